The first kappa shape index (κ1) is 49.7. The Labute approximate surface area is 402 Å². The first-order valence-electron chi connectivity index (χ1n) is 21.9. The molecule has 1 N–H and O–H groups in total. The molecule has 0 aliphatic carbocycles. The van der Waals surface area contributed by atoms with Gasteiger partial charge in [0.1, 0.15) is 42.2 Å². The largest absolute Gasteiger partial charge is 0.493 e. The Hall–Kier alpha value is -6.69. The Balaban J connectivity index is 0.000000185. The number of hydrogen-bond acceptors (Lipinski definition) is 10. The molecule has 6 aromatic carbocycles. The first-order valence-corrected chi connectivity index (χ1v) is 22.7. The Kier molecular flexibility index (Phi) is 17.2. The van der Waals surface area contributed by atoms with E-state index < -0.39 is 6.10 Å². The summed E-state index contributed by atoms with van der Waals surface area (Å²) in [6, 6.07) is 39.0. The van der Waals surface area contributed by atoms with Crippen LogP contribution in [0.4, 0.5) is 0 Å². The second-order valence-electron chi connectivity index (χ2n) is 16.9. The third-order valence-corrected chi connectivity index (χ3v) is 11.2. The van der Waals surface area contributed by atoms with Crippen molar-refractivity contribution in [2.45, 2.75) is 71.1 Å². The summed E-state index contributed by atoms with van der Waals surface area (Å²) in [5.74, 6) is 5.11. The molecule has 1 unspecified atom stereocenters. The fourth-order valence-electron chi connectivity index (χ4n) is 7.24. The molecule has 11 heteroatoms. The Morgan fingerprint density at radius 3 is 1.45 bits per heavy atom. The van der Waals surface area contributed by atoms with Gasteiger partial charge in [-0.2, -0.15) is 0 Å². The van der Waals surface area contributed by atoms with E-state index in [4.69, 9.17) is 37.9 Å². The van der Waals surface area contributed by atoms with Gasteiger partial charge in [0.2, 0.25) is 11.5 Å². The number of hydrogen-bond donors (Lipinski definition) is 1. The average molecular weight is 972 g/mol. The van der Waals surface area contributed by atoms with Crippen molar-refractivity contribution in [1.82, 2.24) is 0 Å². The molecule has 0 amide bonds. The highest BCUT2D eigenvalue weighted by molar-refractivity contribution is 9.10. The van der Waals surface area contributed by atoms with Crippen molar-refractivity contribution in [3.63, 3.8) is 0 Å². The predicted molar refractivity (Wildman–Crippen MR) is 267 cm³/mol. The molecular formula is C56H59BrO10. The Bertz CT molecular complexity index is 2590. The summed E-state index contributed by atoms with van der Waals surface area (Å²) >= 11 is 3.43. The van der Waals surface area contributed by atoms with Crippen LogP contribution >= 0.6 is 15.9 Å². The number of aliphatic hydroxyl groups excluding tert-OH is 1. The number of aldehydes is 1. The van der Waals surface area contributed by atoms with E-state index in [-0.39, 0.29) is 11.2 Å². The summed E-state index contributed by atoms with van der Waals surface area (Å²) in [6.07, 6.45) is 9.11. The van der Waals surface area contributed by atoms with Crippen LogP contribution in [0.1, 0.15) is 72.7 Å². The maximum Gasteiger partial charge on any atom is 0.203 e. The third-order valence-electron chi connectivity index (χ3n) is 10.7. The van der Waals surface area contributed by atoms with Gasteiger partial charge in [0.05, 0.1) is 34.5 Å². The topological polar surface area (TPSA) is 111 Å². The number of halogens is 1. The average Bonchev–Trinajstić information content (AvgIpc) is 3.33. The zero-order chi connectivity index (χ0) is 48.0. The Morgan fingerprint density at radius 2 is 1.00 bits per heavy atom. The minimum absolute atomic E-state index is 0.180. The summed E-state index contributed by atoms with van der Waals surface area (Å²) in [4.78, 5) is 10.7. The number of ether oxygens (including phenoxy) is 8. The van der Waals surface area contributed by atoms with Crippen molar-refractivity contribution in [1.29, 1.82) is 0 Å². The SMILES string of the molecule is CC1(C)C=Cc2cc(Br)ccc2O1.COc1cc(CC(O)c2ccc3c(c2)C=CC(C)(C)O3)cc(OC)c1OCc1ccccc1.COc1cc(CC=O)cc(OC)c1OCc1ccccc1. The van der Waals surface area contributed by atoms with Crippen molar-refractivity contribution in [3.05, 3.63) is 177 Å². The van der Waals surface area contributed by atoms with E-state index in [2.05, 4.69) is 48.0 Å². The fourth-order valence-corrected chi connectivity index (χ4v) is 7.62. The number of aliphatic hydroxyl groups is 1. The third kappa shape index (κ3) is 13.9. The van der Waals surface area contributed by atoms with Crippen LogP contribution in [-0.4, -0.2) is 51.0 Å². The number of methoxy groups -OCH3 is 4. The van der Waals surface area contributed by atoms with Crippen LogP contribution < -0.4 is 37.9 Å². The minimum atomic E-state index is -0.691. The summed E-state index contributed by atoms with van der Waals surface area (Å²) in [7, 11) is 6.33. The second-order valence-corrected chi connectivity index (χ2v) is 17.8. The lowest BCUT2D eigenvalue weighted by Crippen LogP contribution is -2.27. The molecule has 1 atom stereocenters. The zero-order valence-electron chi connectivity index (χ0n) is 39.3. The van der Waals surface area contributed by atoms with E-state index in [0.29, 0.717) is 60.6 Å². The molecule has 0 saturated carbocycles. The molecule has 350 valence electrons. The van der Waals surface area contributed by atoms with Crippen LogP contribution in [0.3, 0.4) is 0 Å². The number of carbonyl (C=O) groups excluding carboxylic acids is 1. The molecule has 67 heavy (non-hydrogen) atoms. The molecule has 0 bridgehead atoms. The Morgan fingerprint density at radius 1 is 0.567 bits per heavy atom. The lowest BCUT2D eigenvalue weighted by Gasteiger charge is -2.28. The molecule has 6 aromatic rings. The molecule has 2 aliphatic heterocycles. The van der Waals surface area contributed by atoms with Crippen LogP contribution in [-0.2, 0) is 30.8 Å². The van der Waals surface area contributed by atoms with Crippen LogP contribution in [0.5, 0.6) is 46.0 Å². The van der Waals surface area contributed by atoms with Crippen LogP contribution in [0, 0.1) is 0 Å². The van der Waals surface area contributed by atoms with Gasteiger partial charge in [-0.15, -0.1) is 0 Å². The molecule has 0 aromatic heterocycles. The highest BCUT2D eigenvalue weighted by Crippen LogP contribution is 2.42. The van der Waals surface area contributed by atoms with Crippen molar-refractivity contribution < 1.29 is 47.8 Å². The second kappa shape index (κ2) is 23.2. The smallest absolute Gasteiger partial charge is 0.203 e. The molecule has 0 fully saturated rings. The van der Waals surface area contributed by atoms with Crippen LogP contribution in [0.2, 0.25) is 0 Å². The summed E-state index contributed by atoms with van der Waals surface area (Å²) in [5, 5.41) is 10.9. The van der Waals surface area contributed by atoms with Crippen LogP contribution in [0.25, 0.3) is 12.2 Å². The standard InChI is InChI=1S/C28H30O5.C17H18O4.C11H11BrO/c1-28(2)13-12-22-17-21(10-11-24(22)33-28)23(29)14-20-15-25(30-3)27(26(16-20)31-4)32-18-19-8-6-5-7-9-19;1-19-15-10-14(8-9-18)11-16(20-2)17(15)21-12-13-6-4-3-5-7-13;1-11(2)6-5-8-7-9(12)3-4-10(8)13-11/h5-13,15-17,23,29H,14,18H2,1-4H3;3-7,9-11H,8,12H2,1-2H3;3-7H,1-2H3. The van der Waals surface area contributed by atoms with Gasteiger partial charge >= 0.3 is 0 Å². The van der Waals surface area contributed by atoms with Crippen molar-refractivity contribution in [3.8, 4) is 46.0 Å². The summed E-state index contributed by atoms with van der Waals surface area (Å²) in [6.45, 7) is 8.95. The van der Waals surface area contributed by atoms with Gasteiger partial charge in [-0.05, 0) is 122 Å². The fraction of sp³-hybridized carbons (Fsp3) is 0.268. The quantitative estimate of drug-likeness (QED) is 0.0999. The summed E-state index contributed by atoms with van der Waals surface area (Å²) < 4.78 is 46.5. The van der Waals surface area contributed by atoms with E-state index in [1.54, 1.807) is 40.6 Å². The van der Waals surface area contributed by atoms with E-state index in [1.807, 2.05) is 129 Å². The molecular weight excluding hydrogens is 913 g/mol. The van der Waals surface area contributed by atoms with Gasteiger partial charge in [-0.3, -0.25) is 0 Å². The van der Waals surface area contributed by atoms with Gasteiger partial charge in [0.15, 0.2) is 23.0 Å². The molecule has 0 radical (unpaired) electrons. The first-order chi connectivity index (χ1) is 32.2. The van der Waals surface area contributed by atoms with Gasteiger partial charge in [-0.1, -0.05) is 94.8 Å². The number of rotatable bonds is 15. The molecule has 2 aliphatic rings. The normalized spacial score (nSPS) is 13.8. The monoisotopic (exact) mass is 970 g/mol. The van der Waals surface area contributed by atoms with E-state index >= 15 is 0 Å². The number of benzene rings is 6. The molecule has 2 heterocycles. The molecule has 0 saturated heterocycles. The maximum absolute atomic E-state index is 10.9. The predicted octanol–water partition coefficient (Wildman–Crippen LogP) is 12.4. The van der Waals surface area contributed by atoms with E-state index in [9.17, 15) is 9.90 Å². The number of fused-ring (bicyclic) bond motifs is 2. The number of carbonyl (C=O) groups is 1. The van der Waals surface area contributed by atoms with Crippen molar-refractivity contribution in [2.24, 2.45) is 0 Å². The lowest BCUT2D eigenvalue weighted by atomic mass is 9.96. The van der Waals surface area contributed by atoms with Gasteiger partial charge in [-0.25, -0.2) is 0 Å². The lowest BCUT2D eigenvalue weighted by molar-refractivity contribution is -0.107. The summed E-state index contributed by atoms with van der Waals surface area (Å²) in [5.41, 5.74) is 6.22. The van der Waals surface area contributed by atoms with Crippen molar-refractivity contribution in [2.75, 3.05) is 28.4 Å². The minimum Gasteiger partial charge on any atom is -0.493 e. The van der Waals surface area contributed by atoms with E-state index in [0.717, 1.165) is 61.2 Å². The van der Waals surface area contributed by atoms with Crippen LogP contribution in [0.15, 0.2) is 138 Å². The molecule has 10 nitrogen and oxygen atoms in total. The molecule has 0 spiro atoms. The van der Waals surface area contributed by atoms with Gasteiger partial charge in [0, 0.05) is 28.4 Å². The van der Waals surface area contributed by atoms with Gasteiger partial charge < -0.3 is 47.8 Å². The highest BCUT2D eigenvalue weighted by Gasteiger charge is 2.24. The van der Waals surface area contributed by atoms with E-state index in [1.165, 1.54) is 0 Å². The van der Waals surface area contributed by atoms with Crippen molar-refractivity contribution >= 4 is 34.4 Å². The van der Waals surface area contributed by atoms with Gasteiger partial charge in [0.25, 0.3) is 0 Å². The highest BCUT2D eigenvalue weighted by atomic mass is 79.9. The zero-order valence-corrected chi connectivity index (χ0v) is 40.9. The maximum atomic E-state index is 10.9. The molecule has 8 rings (SSSR count).